The molecule has 1 saturated heterocycles. The summed E-state index contributed by atoms with van der Waals surface area (Å²) in [5.41, 5.74) is 1.66. The van der Waals surface area contributed by atoms with Gasteiger partial charge in [0, 0.05) is 16.7 Å². The second kappa shape index (κ2) is 6.91. The Morgan fingerprint density at radius 1 is 1.43 bits per heavy atom. The molecule has 1 aliphatic rings. The van der Waals surface area contributed by atoms with Crippen molar-refractivity contribution in [2.24, 2.45) is 0 Å². The van der Waals surface area contributed by atoms with Gasteiger partial charge in [-0.1, -0.05) is 22.0 Å². The molecule has 6 nitrogen and oxygen atoms in total. The lowest BCUT2D eigenvalue weighted by atomic mass is 10.2. The molecule has 2 unspecified atom stereocenters. The smallest absolute Gasteiger partial charge is 0.332 e. The van der Waals surface area contributed by atoms with Gasteiger partial charge in [-0.25, -0.2) is 9.59 Å². The van der Waals surface area contributed by atoms with Gasteiger partial charge < -0.3 is 20.5 Å². The van der Waals surface area contributed by atoms with E-state index < -0.39 is 12.1 Å². The number of hydrogen-bond donors (Lipinski definition) is 3. The van der Waals surface area contributed by atoms with Crippen LogP contribution in [0, 0.1) is 6.92 Å². The number of ether oxygens (including phenoxy) is 1. The molecule has 0 aliphatic carbocycles. The number of carbonyl (C=O) groups is 2. The minimum absolute atomic E-state index is 0.250. The Labute approximate surface area is 131 Å². The van der Waals surface area contributed by atoms with Crippen molar-refractivity contribution in [3.63, 3.8) is 0 Å². The molecule has 2 rings (SSSR count). The highest BCUT2D eigenvalue weighted by atomic mass is 79.9. The normalized spacial score (nSPS) is 21.0. The number of rotatable bonds is 4. The third-order valence-corrected chi connectivity index (χ3v) is 4.25. The average Bonchev–Trinajstić information content (AvgIpc) is 2.91. The number of amides is 2. The van der Waals surface area contributed by atoms with Crippen LogP contribution in [0.3, 0.4) is 0 Å². The van der Waals surface area contributed by atoms with Crippen molar-refractivity contribution >= 4 is 33.6 Å². The van der Waals surface area contributed by atoms with Gasteiger partial charge in [0.15, 0.2) is 6.10 Å². The van der Waals surface area contributed by atoms with Crippen LogP contribution in [0.1, 0.15) is 18.4 Å². The van der Waals surface area contributed by atoms with Crippen LogP contribution in [0.15, 0.2) is 22.7 Å². The van der Waals surface area contributed by atoms with Crippen molar-refractivity contribution in [3.05, 3.63) is 28.2 Å². The molecule has 1 aliphatic heterocycles. The Morgan fingerprint density at radius 3 is 2.86 bits per heavy atom. The van der Waals surface area contributed by atoms with Crippen molar-refractivity contribution in [2.75, 3.05) is 11.9 Å². The fourth-order valence-electron chi connectivity index (χ4n) is 2.15. The van der Waals surface area contributed by atoms with Gasteiger partial charge in [0.05, 0.1) is 6.10 Å². The fourth-order valence-corrected chi connectivity index (χ4v) is 2.52. The molecule has 2 atom stereocenters. The lowest BCUT2D eigenvalue weighted by molar-refractivity contribution is -0.149. The number of hydrogen-bond acceptors (Lipinski definition) is 3. The monoisotopic (exact) mass is 356 g/mol. The first kappa shape index (κ1) is 15.8. The van der Waals surface area contributed by atoms with Crippen LogP contribution in [0.2, 0.25) is 0 Å². The predicted octanol–water partition coefficient (Wildman–Crippen LogP) is 2.51. The maximum atomic E-state index is 11.8. The molecule has 1 fully saturated rings. The highest BCUT2D eigenvalue weighted by Crippen LogP contribution is 2.23. The van der Waals surface area contributed by atoms with Crippen molar-refractivity contribution in [1.82, 2.24) is 5.32 Å². The topological polar surface area (TPSA) is 87.7 Å². The number of carboxylic acids is 1. The van der Waals surface area contributed by atoms with Crippen molar-refractivity contribution in [1.29, 1.82) is 0 Å². The van der Waals surface area contributed by atoms with Crippen molar-refractivity contribution < 1.29 is 19.4 Å². The molecule has 1 heterocycles. The Kier molecular flexibility index (Phi) is 5.19. The standard InChI is InChI=1S/C14H17BrN2O4/c1-8-10(15)3-2-4-11(8)17-14(20)16-7-9-5-6-12(21-9)13(18)19/h2-4,9,12H,5-7H2,1H3,(H,18,19)(H2,16,17,20). The first-order chi connectivity index (χ1) is 9.97. The molecule has 0 bridgehead atoms. The van der Waals surface area contributed by atoms with E-state index in [1.54, 1.807) is 0 Å². The molecular formula is C14H17BrN2O4. The number of carbonyl (C=O) groups excluding carboxylic acids is 1. The molecular weight excluding hydrogens is 340 g/mol. The second-order valence-corrected chi connectivity index (χ2v) is 5.76. The summed E-state index contributed by atoms with van der Waals surface area (Å²) in [5, 5.41) is 14.3. The largest absolute Gasteiger partial charge is 0.479 e. The van der Waals surface area contributed by atoms with Crippen LogP contribution < -0.4 is 10.6 Å². The summed E-state index contributed by atoms with van der Waals surface area (Å²) < 4.78 is 6.24. The van der Waals surface area contributed by atoms with E-state index in [1.807, 2.05) is 25.1 Å². The minimum atomic E-state index is -0.952. The third kappa shape index (κ3) is 4.18. The summed E-state index contributed by atoms with van der Waals surface area (Å²) in [6.45, 7) is 2.19. The number of aliphatic carboxylic acids is 1. The Balaban J connectivity index is 1.80. The van der Waals surface area contributed by atoms with Crippen LogP contribution in [0.4, 0.5) is 10.5 Å². The number of nitrogens with one attached hydrogen (secondary N) is 2. The summed E-state index contributed by atoms with van der Waals surface area (Å²) >= 11 is 3.40. The summed E-state index contributed by atoms with van der Waals surface area (Å²) in [6.07, 6.45) is 0.105. The molecule has 7 heteroatoms. The van der Waals surface area contributed by atoms with E-state index in [2.05, 4.69) is 26.6 Å². The molecule has 1 aromatic carbocycles. The number of anilines is 1. The molecule has 114 valence electrons. The first-order valence-electron chi connectivity index (χ1n) is 6.65. The maximum Gasteiger partial charge on any atom is 0.332 e. The van der Waals surface area contributed by atoms with E-state index in [9.17, 15) is 9.59 Å². The van der Waals surface area contributed by atoms with E-state index in [1.165, 1.54) is 0 Å². The van der Waals surface area contributed by atoms with Gasteiger partial charge in [0.2, 0.25) is 0 Å². The summed E-state index contributed by atoms with van der Waals surface area (Å²) in [5.74, 6) is -0.952. The zero-order chi connectivity index (χ0) is 15.4. The lowest BCUT2D eigenvalue weighted by Gasteiger charge is -2.14. The Morgan fingerprint density at radius 2 is 2.19 bits per heavy atom. The highest BCUT2D eigenvalue weighted by Gasteiger charge is 2.30. The van der Waals surface area contributed by atoms with E-state index >= 15 is 0 Å². The van der Waals surface area contributed by atoms with Crippen LogP contribution in [-0.2, 0) is 9.53 Å². The van der Waals surface area contributed by atoms with Gasteiger partial charge >= 0.3 is 12.0 Å². The van der Waals surface area contributed by atoms with Gasteiger partial charge in [0.1, 0.15) is 0 Å². The van der Waals surface area contributed by atoms with Gasteiger partial charge in [-0.2, -0.15) is 0 Å². The lowest BCUT2D eigenvalue weighted by Crippen LogP contribution is -2.36. The number of urea groups is 1. The number of benzene rings is 1. The molecule has 3 N–H and O–H groups in total. The minimum Gasteiger partial charge on any atom is -0.479 e. The molecule has 21 heavy (non-hydrogen) atoms. The average molecular weight is 357 g/mol. The van der Waals surface area contributed by atoms with Crippen LogP contribution in [0.25, 0.3) is 0 Å². The quantitative estimate of drug-likeness (QED) is 0.773. The molecule has 2 amide bonds. The SMILES string of the molecule is Cc1c(Br)cccc1NC(=O)NCC1CCC(C(=O)O)O1. The molecule has 1 aromatic rings. The van der Waals surface area contributed by atoms with Crippen LogP contribution in [-0.4, -0.2) is 35.9 Å². The summed E-state index contributed by atoms with van der Waals surface area (Å²) in [4.78, 5) is 22.6. The van der Waals surface area contributed by atoms with Crippen molar-refractivity contribution in [2.45, 2.75) is 32.0 Å². The molecule has 0 radical (unpaired) electrons. The predicted molar refractivity (Wildman–Crippen MR) is 81.4 cm³/mol. The van der Waals surface area contributed by atoms with Gasteiger partial charge in [-0.3, -0.25) is 0 Å². The highest BCUT2D eigenvalue weighted by molar-refractivity contribution is 9.10. The number of halogens is 1. The summed E-state index contributed by atoms with van der Waals surface area (Å²) in [7, 11) is 0. The van der Waals surface area contributed by atoms with E-state index in [-0.39, 0.29) is 12.1 Å². The van der Waals surface area contributed by atoms with E-state index in [0.29, 0.717) is 19.4 Å². The molecule has 0 aromatic heterocycles. The Hall–Kier alpha value is -1.60. The van der Waals surface area contributed by atoms with Gasteiger partial charge in [0.25, 0.3) is 0 Å². The fraction of sp³-hybridized carbons (Fsp3) is 0.429. The maximum absolute atomic E-state index is 11.8. The molecule has 0 spiro atoms. The number of carboxylic acid groups (broad SMARTS) is 1. The van der Waals surface area contributed by atoms with E-state index in [4.69, 9.17) is 9.84 Å². The first-order valence-corrected chi connectivity index (χ1v) is 7.45. The summed E-state index contributed by atoms with van der Waals surface area (Å²) in [6, 6.07) is 5.21. The van der Waals surface area contributed by atoms with E-state index in [0.717, 1.165) is 15.7 Å². The van der Waals surface area contributed by atoms with Crippen LogP contribution in [0.5, 0.6) is 0 Å². The van der Waals surface area contributed by atoms with Gasteiger partial charge in [-0.05, 0) is 37.5 Å². The zero-order valence-electron chi connectivity index (χ0n) is 11.6. The zero-order valence-corrected chi connectivity index (χ0v) is 13.1. The van der Waals surface area contributed by atoms with Crippen molar-refractivity contribution in [3.8, 4) is 0 Å². The Bertz CT molecular complexity index is 550. The third-order valence-electron chi connectivity index (χ3n) is 3.39. The van der Waals surface area contributed by atoms with Gasteiger partial charge in [-0.15, -0.1) is 0 Å². The molecule has 0 saturated carbocycles. The van der Waals surface area contributed by atoms with Crippen LogP contribution >= 0.6 is 15.9 Å². The second-order valence-electron chi connectivity index (χ2n) is 4.91.